The highest BCUT2D eigenvalue weighted by atomic mass is 32.2. The van der Waals surface area contributed by atoms with Crippen LogP contribution in [0.3, 0.4) is 0 Å². The summed E-state index contributed by atoms with van der Waals surface area (Å²) in [6, 6.07) is 4.64. The predicted molar refractivity (Wildman–Crippen MR) is 72.6 cm³/mol. The Hall–Kier alpha value is -1.94. The van der Waals surface area contributed by atoms with E-state index in [0.717, 1.165) is 28.9 Å². The smallest absolute Gasteiger partial charge is 0.415 e. The Morgan fingerprint density at radius 1 is 1.23 bits per heavy atom. The Kier molecular flexibility index (Phi) is 4.12. The van der Waals surface area contributed by atoms with Crippen LogP contribution in [0, 0.1) is 0 Å². The van der Waals surface area contributed by atoms with Crippen molar-refractivity contribution in [2.45, 2.75) is 23.0 Å². The fourth-order valence-electron chi connectivity index (χ4n) is 1.54. The molecule has 0 aromatic carbocycles. The summed E-state index contributed by atoms with van der Waals surface area (Å²) in [7, 11) is 0. The summed E-state index contributed by atoms with van der Waals surface area (Å²) in [5, 5.41) is 9.56. The minimum Gasteiger partial charge on any atom is -0.415 e. The van der Waals surface area contributed by atoms with Crippen molar-refractivity contribution in [3.63, 3.8) is 0 Å². The molecule has 0 N–H and O–H groups in total. The molecule has 114 valence electrons. The second kappa shape index (κ2) is 6.05. The maximum Gasteiger partial charge on any atom is 0.433 e. The Bertz CT molecular complexity index is 758. The molecule has 3 aromatic rings. The largest absolute Gasteiger partial charge is 0.433 e. The van der Waals surface area contributed by atoms with Crippen molar-refractivity contribution in [1.82, 2.24) is 20.2 Å². The van der Waals surface area contributed by atoms with Gasteiger partial charge in [-0.2, -0.15) is 13.2 Å². The molecule has 0 radical (unpaired) electrons. The van der Waals surface area contributed by atoms with Gasteiger partial charge in [0.05, 0.1) is 6.42 Å². The number of nitrogens with zero attached hydrogens (tertiary/aromatic N) is 4. The number of hydrogen-bond donors (Lipinski definition) is 0. The third kappa shape index (κ3) is 3.63. The summed E-state index contributed by atoms with van der Waals surface area (Å²) in [4.78, 5) is 8.24. The zero-order valence-corrected chi connectivity index (χ0v) is 12.4. The summed E-state index contributed by atoms with van der Waals surface area (Å²) in [6.07, 6.45) is -2.99. The summed E-state index contributed by atoms with van der Waals surface area (Å²) in [6.45, 7) is 0. The summed E-state index contributed by atoms with van der Waals surface area (Å²) < 4.78 is 43.1. The van der Waals surface area contributed by atoms with Gasteiger partial charge in [0.1, 0.15) is 5.69 Å². The number of rotatable bonds is 4. The molecule has 3 rings (SSSR count). The van der Waals surface area contributed by atoms with E-state index in [1.165, 1.54) is 0 Å². The molecule has 0 aliphatic heterocycles. The lowest BCUT2D eigenvalue weighted by Crippen LogP contribution is -2.08. The minimum atomic E-state index is -4.52. The molecule has 0 fully saturated rings. The second-order valence-electron chi connectivity index (χ2n) is 4.04. The monoisotopic (exact) mass is 344 g/mol. The lowest BCUT2D eigenvalue weighted by Gasteiger charge is -2.05. The maximum absolute atomic E-state index is 12.6. The van der Waals surface area contributed by atoms with Gasteiger partial charge in [0.2, 0.25) is 5.89 Å². The fraction of sp³-hybridized carbons (Fsp3) is 0.167. The first-order valence-corrected chi connectivity index (χ1v) is 7.63. The average molecular weight is 344 g/mol. The molecular formula is C12H7F3N4OS2. The quantitative estimate of drug-likeness (QED) is 0.673. The van der Waals surface area contributed by atoms with Crippen molar-refractivity contribution in [3.05, 3.63) is 46.2 Å². The van der Waals surface area contributed by atoms with Crippen molar-refractivity contribution in [2.24, 2.45) is 0 Å². The first-order valence-electron chi connectivity index (χ1n) is 5.93. The first-order chi connectivity index (χ1) is 10.5. The third-order valence-electron chi connectivity index (χ3n) is 2.46. The molecule has 0 atom stereocenters. The van der Waals surface area contributed by atoms with Gasteiger partial charge in [-0.1, -0.05) is 6.07 Å². The Labute approximate surface area is 130 Å². The molecule has 0 aliphatic rings. The van der Waals surface area contributed by atoms with Gasteiger partial charge in [-0.15, -0.1) is 21.5 Å². The molecule has 3 heterocycles. The highest BCUT2D eigenvalue weighted by Gasteiger charge is 2.33. The molecule has 0 amide bonds. The van der Waals surface area contributed by atoms with E-state index in [-0.39, 0.29) is 10.4 Å². The minimum absolute atomic E-state index is 0.0962. The Morgan fingerprint density at radius 3 is 2.82 bits per heavy atom. The fourth-order valence-corrected chi connectivity index (χ4v) is 2.87. The van der Waals surface area contributed by atoms with Gasteiger partial charge < -0.3 is 4.42 Å². The van der Waals surface area contributed by atoms with Crippen molar-refractivity contribution in [3.8, 4) is 0 Å². The van der Waals surface area contributed by atoms with Crippen LogP contribution in [0.1, 0.15) is 16.5 Å². The molecule has 0 saturated heterocycles. The first kappa shape index (κ1) is 15.0. The number of hydrogen-bond acceptors (Lipinski definition) is 7. The molecule has 5 nitrogen and oxygen atoms in total. The zero-order chi connectivity index (χ0) is 15.6. The van der Waals surface area contributed by atoms with Crippen molar-refractivity contribution in [1.29, 1.82) is 0 Å². The third-order valence-corrected chi connectivity index (χ3v) is 4.05. The number of thiophene rings is 1. The van der Waals surface area contributed by atoms with E-state index in [1.807, 2.05) is 17.5 Å². The normalized spacial score (nSPS) is 11.8. The van der Waals surface area contributed by atoms with E-state index >= 15 is 0 Å². The summed E-state index contributed by atoms with van der Waals surface area (Å²) in [5.41, 5.74) is -1.01. The van der Waals surface area contributed by atoms with Crippen LogP contribution >= 0.6 is 23.1 Å². The van der Waals surface area contributed by atoms with E-state index in [4.69, 9.17) is 4.42 Å². The van der Waals surface area contributed by atoms with Crippen molar-refractivity contribution in [2.75, 3.05) is 0 Å². The molecule has 0 bridgehead atoms. The molecular weight excluding hydrogens is 337 g/mol. The van der Waals surface area contributed by atoms with E-state index in [1.54, 1.807) is 11.3 Å². The van der Waals surface area contributed by atoms with E-state index < -0.39 is 11.9 Å². The summed E-state index contributed by atoms with van der Waals surface area (Å²) in [5.74, 6) is 0.386. The molecule has 0 aliphatic carbocycles. The van der Waals surface area contributed by atoms with Gasteiger partial charge in [-0.3, -0.25) is 0 Å². The molecule has 22 heavy (non-hydrogen) atoms. The van der Waals surface area contributed by atoms with Gasteiger partial charge in [0.15, 0.2) is 5.16 Å². The number of aromatic nitrogens is 4. The van der Waals surface area contributed by atoms with Crippen LogP contribution in [0.2, 0.25) is 0 Å². The topological polar surface area (TPSA) is 64.7 Å². The van der Waals surface area contributed by atoms with Crippen LogP contribution in [0.25, 0.3) is 0 Å². The highest BCUT2D eigenvalue weighted by molar-refractivity contribution is 7.98. The predicted octanol–water partition coefficient (Wildman–Crippen LogP) is 3.68. The SMILES string of the molecule is FC(F)(F)c1ccnc(Sc2nnc(Cc3cccs3)o2)n1. The van der Waals surface area contributed by atoms with Gasteiger partial charge >= 0.3 is 6.18 Å². The van der Waals surface area contributed by atoms with E-state index in [0.29, 0.717) is 12.3 Å². The second-order valence-corrected chi connectivity index (χ2v) is 5.99. The van der Waals surface area contributed by atoms with Crippen molar-refractivity contribution >= 4 is 23.1 Å². The van der Waals surface area contributed by atoms with Gasteiger partial charge in [0.25, 0.3) is 5.22 Å². The molecule has 0 saturated carbocycles. The molecule has 0 spiro atoms. The lowest BCUT2D eigenvalue weighted by molar-refractivity contribution is -0.141. The number of alkyl halides is 3. The van der Waals surface area contributed by atoms with Crippen LogP contribution in [0.5, 0.6) is 0 Å². The molecule has 0 unspecified atom stereocenters. The lowest BCUT2D eigenvalue weighted by atomic mass is 10.3. The zero-order valence-electron chi connectivity index (χ0n) is 10.7. The van der Waals surface area contributed by atoms with Crippen LogP contribution in [0.4, 0.5) is 13.2 Å². The Morgan fingerprint density at radius 2 is 2.09 bits per heavy atom. The van der Waals surface area contributed by atoms with Crippen LogP contribution < -0.4 is 0 Å². The number of halogens is 3. The van der Waals surface area contributed by atoms with Crippen LogP contribution in [0.15, 0.2) is 44.6 Å². The Balaban J connectivity index is 1.72. The van der Waals surface area contributed by atoms with Gasteiger partial charge in [-0.05, 0) is 17.5 Å². The standard InChI is InChI=1S/C12H7F3N4OS2/c13-12(14,15)8-3-4-16-10(17-8)22-11-19-18-9(20-11)6-7-2-1-5-21-7/h1-5H,6H2. The maximum atomic E-state index is 12.6. The van der Waals surface area contributed by atoms with Crippen LogP contribution in [-0.4, -0.2) is 20.2 Å². The van der Waals surface area contributed by atoms with E-state index in [9.17, 15) is 13.2 Å². The average Bonchev–Trinajstić information content (AvgIpc) is 3.11. The molecule has 10 heteroatoms. The van der Waals surface area contributed by atoms with Gasteiger partial charge in [-0.25, -0.2) is 9.97 Å². The van der Waals surface area contributed by atoms with Crippen molar-refractivity contribution < 1.29 is 17.6 Å². The summed E-state index contributed by atoms with van der Waals surface area (Å²) >= 11 is 2.34. The van der Waals surface area contributed by atoms with E-state index in [2.05, 4.69) is 20.2 Å². The highest BCUT2D eigenvalue weighted by Crippen LogP contribution is 2.30. The molecule has 3 aromatic heterocycles. The van der Waals surface area contributed by atoms with Gasteiger partial charge in [0, 0.05) is 22.8 Å². The van der Waals surface area contributed by atoms with Crippen LogP contribution in [-0.2, 0) is 12.6 Å².